The maximum absolute atomic E-state index is 13.5. The molecular weight excluding hydrogens is 868 g/mol. The van der Waals surface area contributed by atoms with Gasteiger partial charge in [0.2, 0.25) is 0 Å². The number of carboxylic acid groups (broad SMARTS) is 1. The summed E-state index contributed by atoms with van der Waals surface area (Å²) >= 11 is 0. The molecule has 0 aliphatic carbocycles. The normalized spacial score (nSPS) is 11.6. The number of nitriles is 1. The van der Waals surface area contributed by atoms with Gasteiger partial charge < -0.3 is 16.2 Å². The van der Waals surface area contributed by atoms with Gasteiger partial charge in [-0.2, -0.15) is 5.26 Å². The molecule has 9 rings (SSSR count). The number of halogens is 1. The van der Waals surface area contributed by atoms with Crippen LogP contribution in [0.3, 0.4) is 0 Å². The fourth-order valence-electron chi connectivity index (χ4n) is 8.44. The van der Waals surface area contributed by atoms with Crippen molar-refractivity contribution in [1.82, 2.24) is 30.2 Å². The first-order valence-corrected chi connectivity index (χ1v) is 21.9. The van der Waals surface area contributed by atoms with E-state index in [1.165, 1.54) is 4.90 Å². The molecule has 5 aromatic carbocycles. The molecule has 9 aromatic rings. The van der Waals surface area contributed by atoms with Crippen LogP contribution >= 0.6 is 12.4 Å². The second kappa shape index (κ2) is 19.7. The van der Waals surface area contributed by atoms with Gasteiger partial charge in [0.15, 0.2) is 0 Å². The van der Waals surface area contributed by atoms with Crippen LogP contribution in [0.4, 0.5) is 4.79 Å². The minimum atomic E-state index is -1.16. The summed E-state index contributed by atoms with van der Waals surface area (Å²) in [6.07, 6.45) is 1.02. The molecule has 0 saturated heterocycles. The van der Waals surface area contributed by atoms with Gasteiger partial charge in [0.05, 0.1) is 29.0 Å². The number of benzene rings is 5. The lowest BCUT2D eigenvalue weighted by molar-refractivity contribution is 0.0947. The van der Waals surface area contributed by atoms with E-state index >= 15 is 0 Å². The molecule has 0 aliphatic heterocycles. The van der Waals surface area contributed by atoms with Gasteiger partial charge >= 0.3 is 6.09 Å². The minimum Gasteiger partial charge on any atom is -0.465 e. The molecule has 0 bridgehead atoms. The summed E-state index contributed by atoms with van der Waals surface area (Å²) in [4.78, 5) is 46.8. The molecule has 336 valence electrons. The smallest absolute Gasteiger partial charge is 0.409 e. The summed E-state index contributed by atoms with van der Waals surface area (Å²) < 4.78 is 0. The number of nitrogens with two attached hydrogens (primary N) is 1. The number of nitrogens with one attached hydrogen (secondary N) is 1. The van der Waals surface area contributed by atoms with Gasteiger partial charge in [-0.3, -0.25) is 14.7 Å². The average molecular weight is 915 g/mol. The maximum atomic E-state index is 13.5. The molecule has 1 unspecified atom stereocenters. The van der Waals surface area contributed by atoms with Crippen LogP contribution in [0, 0.1) is 11.3 Å². The zero-order chi connectivity index (χ0) is 46.7. The summed E-state index contributed by atoms with van der Waals surface area (Å²) in [7, 11) is 0. The summed E-state index contributed by atoms with van der Waals surface area (Å²) in [6.45, 7) is 6.73. The number of amides is 2. The standard InChI is InChI=1S/C56H46N8O3.ClH/c1-56(2,3)46-29-36(19-24-41(46)51-43(38-17-11-6-12-18-38)30-44-47(63-51)25-27-59-49(44)32-57)34-64(55(66)67)53(58)40-22-20-39(21-23-40)50-42(37-15-9-5-10-16-37)31-45-48(62-50)26-28-60-52(45)54(65)61-33-35-13-7-4-8-14-35;/h4-31,53H,33-34,58H2,1-3H3,(H,61,65)(H,66,67);1H. The summed E-state index contributed by atoms with van der Waals surface area (Å²) in [6, 6.07) is 52.6. The second-order valence-electron chi connectivity index (χ2n) is 17.3. The Morgan fingerprint density at radius 3 is 1.87 bits per heavy atom. The molecule has 0 aliphatic rings. The quantitative estimate of drug-likeness (QED) is 0.107. The summed E-state index contributed by atoms with van der Waals surface area (Å²) in [5, 5.41) is 24.8. The van der Waals surface area contributed by atoms with Crippen LogP contribution in [0.2, 0.25) is 0 Å². The van der Waals surface area contributed by atoms with Gasteiger partial charge in [0, 0.05) is 52.0 Å². The number of pyridine rings is 4. The van der Waals surface area contributed by atoms with E-state index in [0.717, 1.165) is 55.8 Å². The van der Waals surface area contributed by atoms with Crippen molar-refractivity contribution in [2.45, 2.75) is 45.4 Å². The van der Waals surface area contributed by atoms with Crippen molar-refractivity contribution in [2.75, 3.05) is 0 Å². The zero-order valence-electron chi connectivity index (χ0n) is 37.6. The molecule has 0 saturated carbocycles. The molecule has 1 atom stereocenters. The lowest BCUT2D eigenvalue weighted by Crippen LogP contribution is -2.38. The third kappa shape index (κ3) is 9.50. The largest absolute Gasteiger partial charge is 0.465 e. The Kier molecular flexibility index (Phi) is 13.4. The van der Waals surface area contributed by atoms with Crippen LogP contribution in [-0.4, -0.2) is 41.9 Å². The molecule has 12 heteroatoms. The van der Waals surface area contributed by atoms with E-state index in [9.17, 15) is 20.0 Å². The van der Waals surface area contributed by atoms with Gasteiger partial charge in [-0.15, -0.1) is 12.4 Å². The van der Waals surface area contributed by atoms with Crippen molar-refractivity contribution >= 4 is 46.2 Å². The number of fused-ring (bicyclic) bond motifs is 2. The summed E-state index contributed by atoms with van der Waals surface area (Å²) in [5.74, 6) is -0.303. The molecule has 4 N–H and O–H groups in total. The first kappa shape index (κ1) is 46.2. The van der Waals surface area contributed by atoms with E-state index in [4.69, 9.17) is 15.7 Å². The van der Waals surface area contributed by atoms with E-state index in [1.54, 1.807) is 18.5 Å². The number of carbonyl (C=O) groups excluding carboxylic acids is 1. The predicted octanol–water partition coefficient (Wildman–Crippen LogP) is 11.9. The Morgan fingerprint density at radius 1 is 0.676 bits per heavy atom. The van der Waals surface area contributed by atoms with E-state index < -0.39 is 12.3 Å². The van der Waals surface area contributed by atoms with Crippen molar-refractivity contribution in [3.63, 3.8) is 0 Å². The van der Waals surface area contributed by atoms with Crippen LogP contribution in [0.1, 0.15) is 65.4 Å². The number of nitrogens with zero attached hydrogens (tertiary/aromatic N) is 6. The fourth-order valence-corrected chi connectivity index (χ4v) is 8.44. The van der Waals surface area contributed by atoms with E-state index in [2.05, 4.69) is 42.1 Å². The number of aromatic nitrogens is 4. The highest BCUT2D eigenvalue weighted by Gasteiger charge is 2.27. The SMILES string of the molecule is CC(C)(C)c1cc(CN(C(=O)O)C(N)c2ccc(-c3nc4ccnc(C(=O)NCc5ccccc5)c4cc3-c3ccccc3)cc2)ccc1-c1nc2ccnc(C#N)c2cc1-c1ccccc1.Cl. The van der Waals surface area contributed by atoms with Crippen molar-refractivity contribution in [1.29, 1.82) is 5.26 Å². The molecule has 0 spiro atoms. The number of hydrogen-bond acceptors (Lipinski definition) is 8. The molecule has 4 heterocycles. The van der Waals surface area contributed by atoms with Gasteiger partial charge in [0.25, 0.3) is 5.91 Å². The van der Waals surface area contributed by atoms with Crippen LogP contribution < -0.4 is 11.1 Å². The Hall–Kier alpha value is -8.30. The van der Waals surface area contributed by atoms with Gasteiger partial charge in [-0.05, 0) is 63.1 Å². The van der Waals surface area contributed by atoms with Crippen LogP contribution in [-0.2, 0) is 18.5 Å². The van der Waals surface area contributed by atoms with Crippen molar-refractivity contribution in [3.05, 3.63) is 204 Å². The number of rotatable bonds is 11. The topological polar surface area (TPSA) is 171 Å². The molecule has 4 aromatic heterocycles. The van der Waals surface area contributed by atoms with Crippen molar-refractivity contribution in [2.24, 2.45) is 5.73 Å². The third-order valence-corrected chi connectivity index (χ3v) is 11.9. The molecule has 2 amide bonds. The van der Waals surface area contributed by atoms with Gasteiger partial charge in [-0.25, -0.2) is 19.7 Å². The highest BCUT2D eigenvalue weighted by Crippen LogP contribution is 2.40. The van der Waals surface area contributed by atoms with Gasteiger partial charge in [-0.1, -0.05) is 154 Å². The monoisotopic (exact) mass is 914 g/mol. The van der Waals surface area contributed by atoms with Crippen LogP contribution in [0.25, 0.3) is 66.6 Å². The molecule has 0 radical (unpaired) electrons. The predicted molar refractivity (Wildman–Crippen MR) is 270 cm³/mol. The van der Waals surface area contributed by atoms with Crippen molar-refractivity contribution < 1.29 is 14.7 Å². The Labute approximate surface area is 400 Å². The second-order valence-corrected chi connectivity index (χ2v) is 17.3. The first-order valence-electron chi connectivity index (χ1n) is 21.9. The average Bonchev–Trinajstić information content (AvgIpc) is 3.36. The van der Waals surface area contributed by atoms with Gasteiger partial charge in [0.1, 0.15) is 23.6 Å². The molecule has 0 fully saturated rings. The third-order valence-electron chi connectivity index (χ3n) is 11.9. The minimum absolute atomic E-state index is 0. The molecule has 68 heavy (non-hydrogen) atoms. The fraction of sp³-hybridized carbons (Fsp3) is 0.125. The van der Waals surface area contributed by atoms with Crippen LogP contribution in [0.15, 0.2) is 170 Å². The molecule has 11 nitrogen and oxygen atoms in total. The van der Waals surface area contributed by atoms with Crippen LogP contribution in [0.5, 0.6) is 0 Å². The highest BCUT2D eigenvalue weighted by atomic mass is 35.5. The Bertz CT molecular complexity index is 3340. The first-order chi connectivity index (χ1) is 32.5. The van der Waals surface area contributed by atoms with E-state index in [1.807, 2.05) is 152 Å². The number of hydrogen-bond donors (Lipinski definition) is 3. The lowest BCUT2D eigenvalue weighted by atomic mass is 9.80. The molecular formula is C56H47ClN8O3. The van der Waals surface area contributed by atoms with E-state index in [0.29, 0.717) is 45.3 Å². The summed E-state index contributed by atoms with van der Waals surface area (Å²) in [5.41, 5.74) is 18.2. The zero-order valence-corrected chi connectivity index (χ0v) is 38.4. The highest BCUT2D eigenvalue weighted by molar-refractivity contribution is 6.06. The van der Waals surface area contributed by atoms with E-state index in [-0.39, 0.29) is 36.0 Å². The Balaban J connectivity index is 0.00000625. The van der Waals surface area contributed by atoms with Crippen molar-refractivity contribution in [3.8, 4) is 50.8 Å². The number of carbonyl (C=O) groups is 2. The Morgan fingerprint density at radius 2 is 1.25 bits per heavy atom. The lowest BCUT2D eigenvalue weighted by Gasteiger charge is -2.29. The maximum Gasteiger partial charge on any atom is 0.409 e.